The molecule has 0 aliphatic heterocycles. The summed E-state index contributed by atoms with van der Waals surface area (Å²) in [7, 11) is 1.25. The van der Waals surface area contributed by atoms with E-state index in [0.29, 0.717) is 0 Å². The maximum absolute atomic E-state index is 10.8. The van der Waals surface area contributed by atoms with Gasteiger partial charge in [-0.2, -0.15) is 4.89 Å². The molecular weight excluding hydrogens is 148 g/mol. The van der Waals surface area contributed by atoms with Gasteiger partial charge in [-0.25, -0.2) is 14.8 Å². The molecule has 1 aromatic heterocycles. The monoisotopic (exact) mass is 154 g/mol. The summed E-state index contributed by atoms with van der Waals surface area (Å²) in [5, 5.41) is 0. The molecule has 0 saturated carbocycles. The van der Waals surface area contributed by atoms with Crippen molar-refractivity contribution in [1.82, 2.24) is 9.97 Å². The predicted molar refractivity (Wildman–Crippen MR) is 34.5 cm³/mol. The average molecular weight is 154 g/mol. The van der Waals surface area contributed by atoms with Crippen molar-refractivity contribution in [3.8, 4) is 0 Å². The summed E-state index contributed by atoms with van der Waals surface area (Å²) >= 11 is 0. The largest absolute Gasteiger partial charge is 0.391 e. The number of aromatic nitrogens is 2. The minimum Gasteiger partial charge on any atom is -0.291 e. The van der Waals surface area contributed by atoms with Crippen molar-refractivity contribution < 1.29 is 14.6 Å². The third-order valence-corrected chi connectivity index (χ3v) is 0.950. The van der Waals surface area contributed by atoms with Gasteiger partial charge in [-0.05, 0) is 6.07 Å². The molecule has 0 saturated heterocycles. The summed E-state index contributed by atoms with van der Waals surface area (Å²) in [4.78, 5) is 26.4. The Kier molecular flexibility index (Phi) is 2.51. The number of carbonyl (C=O) groups excluding carboxylic acids is 1. The van der Waals surface area contributed by atoms with E-state index in [-0.39, 0.29) is 5.69 Å². The van der Waals surface area contributed by atoms with Crippen LogP contribution in [-0.4, -0.2) is 23.0 Å². The SMILES string of the molecule is COOC(=O)c1ccncn1. The van der Waals surface area contributed by atoms with Crippen molar-refractivity contribution >= 4 is 5.97 Å². The first-order valence-electron chi connectivity index (χ1n) is 2.85. The van der Waals surface area contributed by atoms with Gasteiger partial charge in [0.25, 0.3) is 0 Å². The number of nitrogens with zero attached hydrogens (tertiary/aromatic N) is 2. The second kappa shape index (κ2) is 3.62. The first-order valence-corrected chi connectivity index (χ1v) is 2.85. The molecule has 1 rings (SSSR count). The molecule has 11 heavy (non-hydrogen) atoms. The van der Waals surface area contributed by atoms with Crippen LogP contribution in [0.4, 0.5) is 0 Å². The molecule has 0 radical (unpaired) electrons. The topological polar surface area (TPSA) is 61.3 Å². The van der Waals surface area contributed by atoms with Gasteiger partial charge in [0.2, 0.25) is 0 Å². The second-order valence-corrected chi connectivity index (χ2v) is 1.63. The molecule has 0 aliphatic carbocycles. The van der Waals surface area contributed by atoms with Gasteiger partial charge in [0, 0.05) is 6.20 Å². The third-order valence-electron chi connectivity index (χ3n) is 0.950. The molecule has 1 aromatic rings. The van der Waals surface area contributed by atoms with Gasteiger partial charge in [-0.3, -0.25) is 4.89 Å². The summed E-state index contributed by atoms with van der Waals surface area (Å²) in [6.07, 6.45) is 2.70. The molecule has 0 bridgehead atoms. The lowest BCUT2D eigenvalue weighted by atomic mass is 10.4. The second-order valence-electron chi connectivity index (χ2n) is 1.63. The normalized spacial score (nSPS) is 9.18. The maximum Gasteiger partial charge on any atom is 0.391 e. The van der Waals surface area contributed by atoms with Crippen LogP contribution in [0.15, 0.2) is 18.6 Å². The summed E-state index contributed by atoms with van der Waals surface area (Å²) in [6, 6.07) is 1.43. The van der Waals surface area contributed by atoms with Crippen LogP contribution in [0.3, 0.4) is 0 Å². The number of hydrogen-bond acceptors (Lipinski definition) is 5. The van der Waals surface area contributed by atoms with E-state index in [9.17, 15) is 4.79 Å². The fourth-order valence-corrected chi connectivity index (χ4v) is 0.530. The summed E-state index contributed by atoms with van der Waals surface area (Å²) in [5.74, 6) is -0.630. The molecule has 0 amide bonds. The molecule has 0 atom stereocenters. The van der Waals surface area contributed by atoms with Crippen molar-refractivity contribution in [2.45, 2.75) is 0 Å². The smallest absolute Gasteiger partial charge is 0.291 e. The molecule has 1 heterocycles. The first-order chi connectivity index (χ1) is 5.34. The van der Waals surface area contributed by atoms with E-state index in [4.69, 9.17) is 0 Å². The van der Waals surface area contributed by atoms with Crippen molar-refractivity contribution in [3.05, 3.63) is 24.3 Å². The van der Waals surface area contributed by atoms with E-state index in [1.54, 1.807) is 0 Å². The van der Waals surface area contributed by atoms with Gasteiger partial charge >= 0.3 is 5.97 Å². The Morgan fingerprint density at radius 2 is 2.45 bits per heavy atom. The van der Waals surface area contributed by atoms with E-state index >= 15 is 0 Å². The van der Waals surface area contributed by atoms with Gasteiger partial charge in [0.15, 0.2) is 5.69 Å². The maximum atomic E-state index is 10.8. The lowest BCUT2D eigenvalue weighted by Gasteiger charge is -1.96. The Hall–Kier alpha value is -1.49. The fourth-order valence-electron chi connectivity index (χ4n) is 0.530. The zero-order valence-electron chi connectivity index (χ0n) is 5.85. The van der Waals surface area contributed by atoms with Gasteiger partial charge in [-0.15, -0.1) is 0 Å². The summed E-state index contributed by atoms with van der Waals surface area (Å²) < 4.78 is 0. The minimum atomic E-state index is -0.630. The van der Waals surface area contributed by atoms with Crippen LogP contribution in [0.2, 0.25) is 0 Å². The Labute approximate surface area is 62.9 Å². The van der Waals surface area contributed by atoms with E-state index in [1.165, 1.54) is 25.7 Å². The van der Waals surface area contributed by atoms with Crippen molar-refractivity contribution in [2.75, 3.05) is 7.11 Å². The highest BCUT2D eigenvalue weighted by Gasteiger charge is 2.07. The fraction of sp³-hybridized carbons (Fsp3) is 0.167. The number of carbonyl (C=O) groups is 1. The molecule has 0 aliphatic rings. The summed E-state index contributed by atoms with van der Waals surface area (Å²) in [5.41, 5.74) is 0.168. The van der Waals surface area contributed by atoms with E-state index < -0.39 is 5.97 Å². The molecule has 0 N–H and O–H groups in total. The number of rotatable bonds is 2. The van der Waals surface area contributed by atoms with E-state index in [0.717, 1.165) is 0 Å². The standard InChI is InChI=1S/C6H6N2O3/c1-10-11-6(9)5-2-3-7-4-8-5/h2-4H,1H3. The van der Waals surface area contributed by atoms with Gasteiger partial charge in [0.1, 0.15) is 6.33 Å². The minimum absolute atomic E-state index is 0.168. The highest BCUT2D eigenvalue weighted by molar-refractivity contribution is 5.86. The Morgan fingerprint density at radius 3 is 3.00 bits per heavy atom. The lowest BCUT2D eigenvalue weighted by molar-refractivity contribution is -0.216. The quantitative estimate of drug-likeness (QED) is 0.449. The molecule has 5 nitrogen and oxygen atoms in total. The van der Waals surface area contributed by atoms with Crippen LogP contribution in [0.1, 0.15) is 10.5 Å². The van der Waals surface area contributed by atoms with Crippen molar-refractivity contribution in [3.63, 3.8) is 0 Å². The van der Waals surface area contributed by atoms with E-state index in [1.807, 2.05) is 0 Å². The van der Waals surface area contributed by atoms with Gasteiger partial charge in [-0.1, -0.05) is 0 Å². The Morgan fingerprint density at radius 1 is 1.64 bits per heavy atom. The highest BCUT2D eigenvalue weighted by atomic mass is 17.2. The molecule has 58 valence electrons. The molecular formula is C6H6N2O3. The Balaban J connectivity index is 2.69. The van der Waals surface area contributed by atoms with Crippen LogP contribution in [0, 0.1) is 0 Å². The van der Waals surface area contributed by atoms with Gasteiger partial charge in [0.05, 0.1) is 7.11 Å². The molecule has 0 aromatic carbocycles. The van der Waals surface area contributed by atoms with E-state index in [2.05, 4.69) is 19.7 Å². The lowest BCUT2D eigenvalue weighted by Crippen LogP contribution is -2.05. The highest BCUT2D eigenvalue weighted by Crippen LogP contribution is 1.93. The zero-order chi connectivity index (χ0) is 8.10. The molecule has 0 fully saturated rings. The summed E-state index contributed by atoms with van der Waals surface area (Å²) in [6.45, 7) is 0. The molecule has 5 heteroatoms. The van der Waals surface area contributed by atoms with Crippen LogP contribution >= 0.6 is 0 Å². The molecule has 0 unspecified atom stereocenters. The van der Waals surface area contributed by atoms with Crippen LogP contribution < -0.4 is 0 Å². The molecule has 0 spiro atoms. The average Bonchev–Trinajstić information content (AvgIpc) is 2.07. The van der Waals surface area contributed by atoms with Crippen molar-refractivity contribution in [2.24, 2.45) is 0 Å². The van der Waals surface area contributed by atoms with Crippen LogP contribution in [-0.2, 0) is 9.78 Å². The van der Waals surface area contributed by atoms with Crippen LogP contribution in [0.5, 0.6) is 0 Å². The zero-order valence-corrected chi connectivity index (χ0v) is 5.85. The number of hydrogen-bond donors (Lipinski definition) is 0. The van der Waals surface area contributed by atoms with Crippen molar-refractivity contribution in [1.29, 1.82) is 0 Å². The third kappa shape index (κ3) is 1.98. The Bertz CT molecular complexity index is 237. The van der Waals surface area contributed by atoms with Crippen LogP contribution in [0.25, 0.3) is 0 Å². The predicted octanol–water partition coefficient (Wildman–Crippen LogP) is 0.195. The van der Waals surface area contributed by atoms with Gasteiger partial charge < -0.3 is 0 Å². The first kappa shape index (κ1) is 7.62.